The maximum atomic E-state index is 14.4. The van der Waals surface area contributed by atoms with Gasteiger partial charge in [0.1, 0.15) is 29.3 Å². The van der Waals surface area contributed by atoms with Crippen molar-refractivity contribution in [2.24, 2.45) is 5.92 Å². The number of aromatic nitrogens is 1. The first-order valence-corrected chi connectivity index (χ1v) is 17.4. The standard InChI is InChI=1S/C38H46N4O7/c1-5-47-35(45)38-22-24(38)15-9-7-6-8-10-20-30(40-36(46)49-37(2,3)4)34(44)42-23-25(21-31(42)32(43)41-38)48-33-28-18-12-11-16-26(28)27-17-13-14-19-29(27)39-33/h9,11-19,24-25,30-31H,5-8,10,20-23H2,1-4H3,(H,40,46)(H,41,43)/b15-9-/t24-,25-,30+,31+,38-/m1/s1. The Balaban J connectivity index is 1.33. The van der Waals surface area contributed by atoms with Crippen LogP contribution in [-0.2, 0) is 23.9 Å². The van der Waals surface area contributed by atoms with Crippen molar-refractivity contribution in [1.29, 1.82) is 0 Å². The molecule has 3 aromatic rings. The molecule has 3 aliphatic rings. The highest BCUT2D eigenvalue weighted by atomic mass is 16.6. The van der Waals surface area contributed by atoms with Gasteiger partial charge in [0.25, 0.3) is 0 Å². The maximum Gasteiger partial charge on any atom is 0.408 e. The first kappa shape index (κ1) is 34.2. The molecule has 1 aliphatic carbocycles. The maximum absolute atomic E-state index is 14.4. The molecule has 0 bridgehead atoms. The van der Waals surface area contributed by atoms with Crippen molar-refractivity contribution < 1.29 is 33.4 Å². The van der Waals surface area contributed by atoms with Crippen LogP contribution in [0.3, 0.4) is 0 Å². The minimum absolute atomic E-state index is 0.0853. The van der Waals surface area contributed by atoms with Gasteiger partial charge < -0.3 is 29.7 Å². The number of allylic oxidation sites excluding steroid dienone is 1. The molecular weight excluding hydrogens is 624 g/mol. The summed E-state index contributed by atoms with van der Waals surface area (Å²) in [7, 11) is 0. The molecule has 6 rings (SSSR count). The van der Waals surface area contributed by atoms with Crippen molar-refractivity contribution in [3.63, 3.8) is 0 Å². The summed E-state index contributed by atoms with van der Waals surface area (Å²) in [5.41, 5.74) is -1.18. The molecule has 0 spiro atoms. The van der Waals surface area contributed by atoms with Crippen LogP contribution in [0.1, 0.15) is 72.6 Å². The number of nitrogens with one attached hydrogen (secondary N) is 2. The Labute approximate surface area is 286 Å². The number of fused-ring (bicyclic) bond motifs is 5. The van der Waals surface area contributed by atoms with E-state index in [-0.39, 0.29) is 25.5 Å². The Hall–Kier alpha value is -4.67. The van der Waals surface area contributed by atoms with Crippen molar-refractivity contribution in [3.05, 3.63) is 60.7 Å². The number of amides is 3. The highest BCUT2D eigenvalue weighted by Crippen LogP contribution is 2.46. The molecule has 260 valence electrons. The number of hydrogen-bond donors (Lipinski definition) is 2. The first-order chi connectivity index (χ1) is 23.5. The number of carbonyl (C=O) groups is 4. The van der Waals surface area contributed by atoms with E-state index in [9.17, 15) is 19.2 Å². The topological polar surface area (TPSA) is 136 Å². The summed E-state index contributed by atoms with van der Waals surface area (Å²) in [5.74, 6) is -1.14. The molecule has 49 heavy (non-hydrogen) atoms. The number of carbonyl (C=O) groups excluding carboxylic acids is 4. The molecule has 5 atom stereocenters. The van der Waals surface area contributed by atoms with Crippen LogP contribution >= 0.6 is 0 Å². The number of pyridine rings is 1. The highest BCUT2D eigenvalue weighted by Gasteiger charge is 2.62. The number of nitrogens with zero attached hydrogens (tertiary/aromatic N) is 2. The average Bonchev–Trinajstić information content (AvgIpc) is 3.59. The average molecular weight is 671 g/mol. The van der Waals surface area contributed by atoms with Gasteiger partial charge in [-0.1, -0.05) is 61.4 Å². The molecule has 3 heterocycles. The molecule has 1 saturated heterocycles. The van der Waals surface area contributed by atoms with E-state index in [1.807, 2.05) is 60.7 Å². The van der Waals surface area contributed by atoms with Gasteiger partial charge in [-0.25, -0.2) is 14.6 Å². The summed E-state index contributed by atoms with van der Waals surface area (Å²) in [5, 5.41) is 8.58. The molecular formula is C38H46N4O7. The number of hydrogen-bond acceptors (Lipinski definition) is 8. The fourth-order valence-electron chi connectivity index (χ4n) is 6.96. The second kappa shape index (κ2) is 14.1. The Kier molecular flexibility index (Phi) is 9.81. The third-order valence-electron chi connectivity index (χ3n) is 9.42. The zero-order chi connectivity index (χ0) is 34.8. The molecule has 1 saturated carbocycles. The highest BCUT2D eigenvalue weighted by molar-refractivity contribution is 6.07. The van der Waals surface area contributed by atoms with E-state index >= 15 is 0 Å². The number of benzene rings is 2. The number of alkyl carbamates (subject to hydrolysis) is 1. The Morgan fingerprint density at radius 1 is 1.02 bits per heavy atom. The van der Waals surface area contributed by atoms with Crippen LogP contribution in [0.4, 0.5) is 4.79 Å². The molecule has 2 aromatic carbocycles. The molecule has 11 heteroatoms. The monoisotopic (exact) mass is 670 g/mol. The summed E-state index contributed by atoms with van der Waals surface area (Å²) in [4.78, 5) is 61.1. The quantitative estimate of drug-likeness (QED) is 0.204. The van der Waals surface area contributed by atoms with E-state index in [1.165, 1.54) is 4.90 Å². The van der Waals surface area contributed by atoms with Gasteiger partial charge in [-0.3, -0.25) is 9.59 Å². The van der Waals surface area contributed by atoms with Crippen LogP contribution in [0.5, 0.6) is 5.88 Å². The van der Waals surface area contributed by atoms with Gasteiger partial charge in [0.15, 0.2) is 0 Å². The smallest absolute Gasteiger partial charge is 0.408 e. The molecule has 2 fully saturated rings. The number of ether oxygens (including phenoxy) is 3. The predicted molar refractivity (Wildman–Crippen MR) is 185 cm³/mol. The van der Waals surface area contributed by atoms with Gasteiger partial charge in [-0.05, 0) is 70.9 Å². The summed E-state index contributed by atoms with van der Waals surface area (Å²) in [6.45, 7) is 7.28. The van der Waals surface area contributed by atoms with Crippen molar-refractivity contribution in [2.75, 3.05) is 13.2 Å². The lowest BCUT2D eigenvalue weighted by Gasteiger charge is -2.30. The Bertz CT molecular complexity index is 1770. The summed E-state index contributed by atoms with van der Waals surface area (Å²) >= 11 is 0. The van der Waals surface area contributed by atoms with Crippen molar-refractivity contribution in [3.8, 4) is 5.88 Å². The van der Waals surface area contributed by atoms with E-state index in [0.29, 0.717) is 25.1 Å². The lowest BCUT2D eigenvalue weighted by atomic mass is 10.0. The molecule has 11 nitrogen and oxygen atoms in total. The van der Waals surface area contributed by atoms with Gasteiger partial charge in [0.05, 0.1) is 18.7 Å². The number of esters is 1. The molecule has 0 unspecified atom stereocenters. The van der Waals surface area contributed by atoms with Crippen LogP contribution in [0.15, 0.2) is 60.7 Å². The lowest BCUT2D eigenvalue weighted by molar-refractivity contribution is -0.150. The first-order valence-electron chi connectivity index (χ1n) is 17.4. The summed E-state index contributed by atoms with van der Waals surface area (Å²) < 4.78 is 17.5. The van der Waals surface area contributed by atoms with Gasteiger partial charge in [0, 0.05) is 23.1 Å². The predicted octanol–water partition coefficient (Wildman–Crippen LogP) is 5.59. The van der Waals surface area contributed by atoms with Crippen molar-refractivity contribution in [1.82, 2.24) is 20.5 Å². The van der Waals surface area contributed by atoms with Crippen LogP contribution < -0.4 is 15.4 Å². The van der Waals surface area contributed by atoms with E-state index < -0.39 is 53.2 Å². The van der Waals surface area contributed by atoms with Crippen LogP contribution in [0.25, 0.3) is 21.7 Å². The normalized spacial score (nSPS) is 26.8. The second-order valence-corrected chi connectivity index (χ2v) is 14.2. The molecule has 3 amide bonds. The van der Waals surface area contributed by atoms with Crippen molar-refractivity contribution >= 4 is 45.6 Å². The molecule has 0 radical (unpaired) electrons. The van der Waals surface area contributed by atoms with Gasteiger partial charge in [0.2, 0.25) is 17.7 Å². The lowest BCUT2D eigenvalue weighted by Crippen LogP contribution is -2.56. The van der Waals surface area contributed by atoms with Crippen LogP contribution in [0, 0.1) is 5.92 Å². The minimum Gasteiger partial charge on any atom is -0.472 e. The fraction of sp³-hybridized carbons (Fsp3) is 0.500. The van der Waals surface area contributed by atoms with Gasteiger partial charge >= 0.3 is 12.1 Å². The zero-order valence-corrected chi connectivity index (χ0v) is 28.7. The molecule has 1 aromatic heterocycles. The summed E-state index contributed by atoms with van der Waals surface area (Å²) in [6.07, 6.45) is 6.92. The Morgan fingerprint density at radius 2 is 1.76 bits per heavy atom. The van der Waals surface area contributed by atoms with Crippen molar-refractivity contribution in [2.45, 2.75) is 102 Å². The Morgan fingerprint density at radius 3 is 2.51 bits per heavy atom. The van der Waals surface area contributed by atoms with E-state index in [1.54, 1.807) is 27.7 Å². The minimum atomic E-state index is -1.19. The second-order valence-electron chi connectivity index (χ2n) is 14.2. The van der Waals surface area contributed by atoms with Gasteiger partial charge in [-0.15, -0.1) is 0 Å². The number of para-hydroxylation sites is 1. The largest absolute Gasteiger partial charge is 0.472 e. The fourth-order valence-corrected chi connectivity index (χ4v) is 6.96. The van der Waals surface area contributed by atoms with Gasteiger partial charge in [-0.2, -0.15) is 0 Å². The number of rotatable bonds is 5. The van der Waals surface area contributed by atoms with E-state index in [2.05, 4.69) is 10.6 Å². The molecule has 2 aliphatic heterocycles. The summed E-state index contributed by atoms with van der Waals surface area (Å²) in [6, 6.07) is 13.8. The third-order valence-corrected chi connectivity index (χ3v) is 9.42. The van der Waals surface area contributed by atoms with Crippen LogP contribution in [-0.4, -0.2) is 76.2 Å². The third kappa shape index (κ3) is 7.50. The zero-order valence-electron chi connectivity index (χ0n) is 28.7. The van der Waals surface area contributed by atoms with E-state index in [4.69, 9.17) is 19.2 Å². The van der Waals surface area contributed by atoms with E-state index in [0.717, 1.165) is 40.9 Å². The van der Waals surface area contributed by atoms with Crippen LogP contribution in [0.2, 0.25) is 0 Å². The molecule has 2 N–H and O–H groups in total. The SMILES string of the molecule is CCOC(=O)[C@@]12C[C@H]1/C=C\CCCCC[C@H](NC(=O)OC(C)(C)C)C(=O)N1C[C@H](Oc3nc4ccccc4c4ccccc34)C[C@H]1C(=O)N2.